The number of hydrogen-bond donors (Lipinski definition) is 0. The van der Waals surface area contributed by atoms with Crippen LogP contribution in [0, 0.1) is 5.82 Å². The summed E-state index contributed by atoms with van der Waals surface area (Å²) in [6, 6.07) is 8.60. The van der Waals surface area contributed by atoms with Crippen LogP contribution in [0.15, 0.2) is 53.4 Å². The van der Waals surface area contributed by atoms with E-state index >= 15 is 0 Å². The van der Waals surface area contributed by atoms with Gasteiger partial charge in [0.2, 0.25) is 0 Å². The molecule has 3 aromatic heterocycles. The van der Waals surface area contributed by atoms with Gasteiger partial charge in [0.05, 0.1) is 12.2 Å². The summed E-state index contributed by atoms with van der Waals surface area (Å²) in [5, 5.41) is 4.04. The summed E-state index contributed by atoms with van der Waals surface area (Å²) in [5.74, 6) is 0.412. The van der Waals surface area contributed by atoms with E-state index in [1.807, 2.05) is 30.1 Å². The Morgan fingerprint density at radius 1 is 1.14 bits per heavy atom. The van der Waals surface area contributed by atoms with E-state index in [2.05, 4.69) is 15.1 Å². The number of pyridine rings is 2. The maximum atomic E-state index is 13.6. The molecule has 3 heterocycles. The molecule has 0 spiro atoms. The second-order valence-corrected chi connectivity index (χ2v) is 5.02. The van der Waals surface area contributed by atoms with Gasteiger partial charge in [0.15, 0.2) is 5.76 Å². The van der Waals surface area contributed by atoms with Gasteiger partial charge in [-0.1, -0.05) is 5.16 Å². The van der Waals surface area contributed by atoms with Crippen LogP contribution in [-0.4, -0.2) is 27.1 Å². The standard InChI is InChI=1S/C16H15FN4O/c1-21(11-16-14(17)3-2-6-19-16)10-13-9-15(20-22-13)12-4-7-18-8-5-12/h2-9H,10-11H2,1H3. The van der Waals surface area contributed by atoms with Crippen molar-refractivity contribution in [2.75, 3.05) is 7.05 Å². The van der Waals surface area contributed by atoms with Crippen LogP contribution in [0.5, 0.6) is 0 Å². The van der Waals surface area contributed by atoms with Crippen LogP contribution in [-0.2, 0) is 13.1 Å². The topological polar surface area (TPSA) is 55.1 Å². The first-order valence-electron chi connectivity index (χ1n) is 6.86. The fraction of sp³-hybridized carbons (Fsp3) is 0.188. The summed E-state index contributed by atoms with van der Waals surface area (Å²) >= 11 is 0. The van der Waals surface area contributed by atoms with Crippen LogP contribution in [0.3, 0.4) is 0 Å². The van der Waals surface area contributed by atoms with Crippen LogP contribution >= 0.6 is 0 Å². The molecule has 0 radical (unpaired) electrons. The molecule has 112 valence electrons. The Morgan fingerprint density at radius 3 is 2.73 bits per heavy atom. The molecule has 0 atom stereocenters. The largest absolute Gasteiger partial charge is 0.359 e. The number of nitrogens with zero attached hydrogens (tertiary/aromatic N) is 4. The van der Waals surface area contributed by atoms with Gasteiger partial charge < -0.3 is 4.52 Å². The van der Waals surface area contributed by atoms with Gasteiger partial charge in [-0.05, 0) is 31.3 Å². The predicted octanol–water partition coefficient (Wildman–Crippen LogP) is 2.90. The lowest BCUT2D eigenvalue weighted by atomic mass is 10.2. The molecule has 0 saturated carbocycles. The first-order chi connectivity index (χ1) is 10.7. The molecule has 3 aromatic rings. The summed E-state index contributed by atoms with van der Waals surface area (Å²) in [6.07, 6.45) is 5.00. The normalized spacial score (nSPS) is 11.0. The summed E-state index contributed by atoms with van der Waals surface area (Å²) in [4.78, 5) is 9.93. The Balaban J connectivity index is 1.66. The maximum absolute atomic E-state index is 13.6. The van der Waals surface area contributed by atoms with Gasteiger partial charge in [-0.3, -0.25) is 14.9 Å². The van der Waals surface area contributed by atoms with Crippen molar-refractivity contribution in [1.82, 2.24) is 20.0 Å². The van der Waals surface area contributed by atoms with Crippen molar-refractivity contribution < 1.29 is 8.91 Å². The summed E-state index contributed by atoms with van der Waals surface area (Å²) in [5.41, 5.74) is 2.12. The van der Waals surface area contributed by atoms with Crippen molar-refractivity contribution in [1.29, 1.82) is 0 Å². The minimum Gasteiger partial charge on any atom is -0.359 e. The Kier molecular flexibility index (Phi) is 4.20. The molecule has 6 heteroatoms. The second-order valence-electron chi connectivity index (χ2n) is 5.02. The Hall–Kier alpha value is -2.60. The van der Waals surface area contributed by atoms with Crippen molar-refractivity contribution in [2.45, 2.75) is 13.1 Å². The molecule has 0 aliphatic carbocycles. The zero-order valence-corrected chi connectivity index (χ0v) is 12.1. The maximum Gasteiger partial charge on any atom is 0.151 e. The third kappa shape index (κ3) is 3.35. The van der Waals surface area contributed by atoms with Crippen molar-refractivity contribution in [3.8, 4) is 11.3 Å². The first kappa shape index (κ1) is 14.3. The molecule has 0 aliphatic rings. The highest BCUT2D eigenvalue weighted by Crippen LogP contribution is 2.19. The minimum absolute atomic E-state index is 0.301. The minimum atomic E-state index is -0.301. The molecular weight excluding hydrogens is 283 g/mol. The summed E-state index contributed by atoms with van der Waals surface area (Å²) in [7, 11) is 1.88. The van der Waals surface area contributed by atoms with Crippen molar-refractivity contribution in [3.05, 3.63) is 66.2 Å². The number of halogens is 1. The highest BCUT2D eigenvalue weighted by atomic mass is 19.1. The number of hydrogen-bond acceptors (Lipinski definition) is 5. The quantitative estimate of drug-likeness (QED) is 0.725. The van der Waals surface area contributed by atoms with Gasteiger partial charge in [0.1, 0.15) is 11.5 Å². The van der Waals surface area contributed by atoms with Crippen LogP contribution in [0.4, 0.5) is 4.39 Å². The van der Waals surface area contributed by atoms with E-state index in [9.17, 15) is 4.39 Å². The lowest BCUT2D eigenvalue weighted by Crippen LogP contribution is -2.18. The van der Waals surface area contributed by atoms with E-state index in [1.165, 1.54) is 6.07 Å². The number of aromatic nitrogens is 3. The lowest BCUT2D eigenvalue weighted by Gasteiger charge is -2.14. The van der Waals surface area contributed by atoms with E-state index in [4.69, 9.17) is 4.52 Å². The molecule has 22 heavy (non-hydrogen) atoms. The fourth-order valence-electron chi connectivity index (χ4n) is 2.16. The van der Waals surface area contributed by atoms with Gasteiger partial charge in [-0.15, -0.1) is 0 Å². The van der Waals surface area contributed by atoms with Crippen LogP contribution in [0.1, 0.15) is 11.5 Å². The highest BCUT2D eigenvalue weighted by molar-refractivity contribution is 5.57. The van der Waals surface area contributed by atoms with E-state index in [1.54, 1.807) is 24.7 Å². The van der Waals surface area contributed by atoms with Crippen LogP contribution in [0.25, 0.3) is 11.3 Å². The number of rotatable bonds is 5. The highest BCUT2D eigenvalue weighted by Gasteiger charge is 2.11. The summed E-state index contributed by atoms with van der Waals surface area (Å²) in [6.45, 7) is 0.923. The monoisotopic (exact) mass is 298 g/mol. The van der Waals surface area contributed by atoms with Gasteiger partial charge in [-0.2, -0.15) is 0 Å². The third-order valence-corrected chi connectivity index (χ3v) is 3.22. The van der Waals surface area contributed by atoms with Gasteiger partial charge in [0, 0.05) is 36.8 Å². The van der Waals surface area contributed by atoms with Gasteiger partial charge >= 0.3 is 0 Å². The van der Waals surface area contributed by atoms with E-state index in [-0.39, 0.29) is 5.82 Å². The van der Waals surface area contributed by atoms with E-state index in [0.29, 0.717) is 24.5 Å². The molecule has 0 aliphatic heterocycles. The predicted molar refractivity (Wildman–Crippen MR) is 79.1 cm³/mol. The van der Waals surface area contributed by atoms with Crippen LogP contribution in [0.2, 0.25) is 0 Å². The van der Waals surface area contributed by atoms with Gasteiger partial charge in [-0.25, -0.2) is 4.39 Å². The van der Waals surface area contributed by atoms with E-state index in [0.717, 1.165) is 11.3 Å². The molecule has 0 amide bonds. The molecule has 0 N–H and O–H groups in total. The fourth-order valence-corrected chi connectivity index (χ4v) is 2.16. The molecular formula is C16H15FN4O. The average Bonchev–Trinajstić information content (AvgIpc) is 2.99. The third-order valence-electron chi connectivity index (χ3n) is 3.22. The smallest absolute Gasteiger partial charge is 0.151 e. The molecule has 0 fully saturated rings. The lowest BCUT2D eigenvalue weighted by molar-refractivity contribution is 0.261. The first-order valence-corrected chi connectivity index (χ1v) is 6.86. The molecule has 5 nitrogen and oxygen atoms in total. The Labute approximate surface area is 127 Å². The molecule has 0 unspecified atom stereocenters. The Bertz CT molecular complexity index is 745. The molecule has 0 aromatic carbocycles. The van der Waals surface area contributed by atoms with Crippen molar-refractivity contribution in [3.63, 3.8) is 0 Å². The average molecular weight is 298 g/mol. The molecule has 0 bridgehead atoms. The molecule has 3 rings (SSSR count). The van der Waals surface area contributed by atoms with Gasteiger partial charge in [0.25, 0.3) is 0 Å². The van der Waals surface area contributed by atoms with Crippen molar-refractivity contribution >= 4 is 0 Å². The SMILES string of the molecule is CN(Cc1cc(-c2ccncc2)no1)Cc1ncccc1F. The zero-order valence-electron chi connectivity index (χ0n) is 12.1. The zero-order chi connectivity index (χ0) is 15.4. The van der Waals surface area contributed by atoms with E-state index < -0.39 is 0 Å². The van der Waals surface area contributed by atoms with Crippen LogP contribution < -0.4 is 0 Å². The second kappa shape index (κ2) is 6.44. The Morgan fingerprint density at radius 2 is 1.95 bits per heavy atom. The van der Waals surface area contributed by atoms with Crippen molar-refractivity contribution in [2.24, 2.45) is 0 Å². The summed E-state index contributed by atoms with van der Waals surface area (Å²) < 4.78 is 18.9. The molecule has 0 saturated heterocycles.